The van der Waals surface area contributed by atoms with Crippen LogP contribution in [0.2, 0.25) is 0 Å². The second-order valence-corrected chi connectivity index (χ2v) is 7.92. The Hall–Kier alpha value is -3.60. The summed E-state index contributed by atoms with van der Waals surface area (Å²) in [7, 11) is 0. The molecule has 0 spiro atoms. The molecule has 0 saturated carbocycles. The summed E-state index contributed by atoms with van der Waals surface area (Å²) < 4.78 is 2.03. The van der Waals surface area contributed by atoms with Crippen molar-refractivity contribution in [2.75, 3.05) is 0 Å². The molecule has 0 fully saturated rings. The summed E-state index contributed by atoms with van der Waals surface area (Å²) in [5.74, 6) is 0.176. The van der Waals surface area contributed by atoms with Crippen LogP contribution in [0.4, 0.5) is 0 Å². The lowest BCUT2D eigenvalue weighted by molar-refractivity contribution is 0.0697. The van der Waals surface area contributed by atoms with Gasteiger partial charge in [-0.3, -0.25) is 4.57 Å². The molecule has 0 atom stereocenters. The molecule has 0 aliphatic rings. The van der Waals surface area contributed by atoms with Crippen molar-refractivity contribution in [2.24, 2.45) is 0 Å². The van der Waals surface area contributed by atoms with Crippen LogP contribution in [-0.4, -0.2) is 25.7 Å². The van der Waals surface area contributed by atoms with E-state index in [1.165, 1.54) is 0 Å². The Morgan fingerprint density at radius 3 is 2.48 bits per heavy atom. The smallest absolute Gasteiger partial charge is 0.336 e. The van der Waals surface area contributed by atoms with Crippen molar-refractivity contribution in [3.8, 4) is 22.6 Å². The zero-order valence-electron chi connectivity index (χ0n) is 18.0. The first-order valence-electron chi connectivity index (χ1n) is 10.6. The van der Waals surface area contributed by atoms with Crippen molar-refractivity contribution in [1.82, 2.24) is 9.55 Å². The number of phenols is 1. The molecule has 158 valence electrons. The lowest BCUT2D eigenvalue weighted by atomic mass is 9.95. The fourth-order valence-corrected chi connectivity index (χ4v) is 4.11. The Kier molecular flexibility index (Phi) is 5.51. The number of carboxylic acid groups (broad SMARTS) is 1. The van der Waals surface area contributed by atoms with Crippen molar-refractivity contribution >= 4 is 17.0 Å². The number of fused-ring (bicyclic) bond motifs is 1. The van der Waals surface area contributed by atoms with E-state index in [4.69, 9.17) is 4.98 Å². The SMILES string of the molecule is CCCCc1nc2c(C)ccc(O)c2n1-c1ccc(-c2ccccc2C(=O)O)c(C)c1. The maximum Gasteiger partial charge on any atom is 0.336 e. The Bertz CT molecular complexity index is 1290. The third-order valence-electron chi connectivity index (χ3n) is 5.72. The van der Waals surface area contributed by atoms with Gasteiger partial charge in [-0.2, -0.15) is 0 Å². The molecular weight excluding hydrogens is 388 g/mol. The number of aromatic hydroxyl groups is 1. The van der Waals surface area contributed by atoms with E-state index in [1.807, 2.05) is 54.8 Å². The van der Waals surface area contributed by atoms with E-state index in [0.29, 0.717) is 11.1 Å². The Morgan fingerprint density at radius 1 is 1.00 bits per heavy atom. The van der Waals surface area contributed by atoms with Crippen LogP contribution in [0, 0.1) is 13.8 Å². The van der Waals surface area contributed by atoms with E-state index in [0.717, 1.165) is 53.0 Å². The molecule has 0 bridgehead atoms. The molecule has 31 heavy (non-hydrogen) atoms. The van der Waals surface area contributed by atoms with Crippen molar-refractivity contribution in [1.29, 1.82) is 0 Å². The molecule has 0 aliphatic carbocycles. The number of phenolic OH excluding ortho intramolecular Hbond substituents is 1. The van der Waals surface area contributed by atoms with Gasteiger partial charge in [0.1, 0.15) is 17.1 Å². The molecule has 1 aromatic heterocycles. The minimum Gasteiger partial charge on any atom is -0.506 e. The largest absolute Gasteiger partial charge is 0.506 e. The summed E-state index contributed by atoms with van der Waals surface area (Å²) in [6, 6.07) is 16.6. The molecule has 4 rings (SSSR count). The zero-order chi connectivity index (χ0) is 22.1. The molecule has 1 heterocycles. The quantitative estimate of drug-likeness (QED) is 0.402. The maximum atomic E-state index is 11.7. The van der Waals surface area contributed by atoms with Gasteiger partial charge in [-0.1, -0.05) is 43.7 Å². The number of hydrogen-bond acceptors (Lipinski definition) is 3. The van der Waals surface area contributed by atoms with E-state index < -0.39 is 5.97 Å². The monoisotopic (exact) mass is 414 g/mol. The first-order valence-corrected chi connectivity index (χ1v) is 10.6. The fourth-order valence-electron chi connectivity index (χ4n) is 4.11. The minimum atomic E-state index is -0.943. The molecule has 0 aliphatic heterocycles. The van der Waals surface area contributed by atoms with Crippen LogP contribution in [0.5, 0.6) is 5.75 Å². The minimum absolute atomic E-state index is 0.203. The van der Waals surface area contributed by atoms with Crippen LogP contribution < -0.4 is 0 Å². The van der Waals surface area contributed by atoms with Crippen molar-refractivity contribution in [3.05, 3.63) is 77.1 Å². The molecule has 5 nitrogen and oxygen atoms in total. The second kappa shape index (κ2) is 8.26. The average molecular weight is 415 g/mol. The van der Waals surface area contributed by atoms with Crippen LogP contribution in [0.15, 0.2) is 54.6 Å². The van der Waals surface area contributed by atoms with Crippen LogP contribution in [0.25, 0.3) is 27.8 Å². The summed E-state index contributed by atoms with van der Waals surface area (Å²) in [6.07, 6.45) is 2.87. The van der Waals surface area contributed by atoms with Crippen molar-refractivity contribution in [2.45, 2.75) is 40.0 Å². The number of nitrogens with zero attached hydrogens (tertiary/aromatic N) is 2. The highest BCUT2D eigenvalue weighted by atomic mass is 16.4. The summed E-state index contributed by atoms with van der Waals surface area (Å²) in [4.78, 5) is 16.5. The first-order chi connectivity index (χ1) is 14.9. The third-order valence-corrected chi connectivity index (χ3v) is 5.72. The molecule has 2 N–H and O–H groups in total. The van der Waals surface area contributed by atoms with Gasteiger partial charge in [-0.05, 0) is 66.8 Å². The van der Waals surface area contributed by atoms with Gasteiger partial charge in [0.25, 0.3) is 0 Å². The molecule has 0 amide bonds. The zero-order valence-corrected chi connectivity index (χ0v) is 18.0. The van der Waals surface area contributed by atoms with E-state index in [-0.39, 0.29) is 11.3 Å². The fraction of sp³-hybridized carbons (Fsp3) is 0.231. The number of carboxylic acids is 1. The number of benzene rings is 3. The first kappa shape index (κ1) is 20.7. The third kappa shape index (κ3) is 3.67. The standard InChI is InChI=1S/C26H26N2O3/c1-4-5-10-23-27-24-16(2)11-14-22(29)25(24)28(23)18-12-13-19(17(3)15-18)20-8-6-7-9-21(20)26(30)31/h6-9,11-15,29H,4-5,10H2,1-3H3,(H,30,31). The molecule has 3 aromatic carbocycles. The number of carbonyl (C=O) groups is 1. The van der Waals surface area contributed by atoms with Crippen molar-refractivity contribution < 1.29 is 15.0 Å². The van der Waals surface area contributed by atoms with Gasteiger partial charge in [0, 0.05) is 12.1 Å². The van der Waals surface area contributed by atoms with E-state index >= 15 is 0 Å². The summed E-state index contributed by atoms with van der Waals surface area (Å²) in [5.41, 5.74) is 6.26. The van der Waals surface area contributed by atoms with Gasteiger partial charge < -0.3 is 10.2 Å². The number of aromatic nitrogens is 2. The van der Waals surface area contributed by atoms with Gasteiger partial charge in [-0.25, -0.2) is 9.78 Å². The summed E-state index contributed by atoms with van der Waals surface area (Å²) in [6.45, 7) is 6.13. The number of imidazole rings is 1. The topological polar surface area (TPSA) is 75.4 Å². The predicted molar refractivity (Wildman–Crippen MR) is 123 cm³/mol. The van der Waals surface area contributed by atoms with Gasteiger partial charge in [0.2, 0.25) is 0 Å². The maximum absolute atomic E-state index is 11.7. The van der Waals surface area contributed by atoms with Crippen LogP contribution >= 0.6 is 0 Å². The van der Waals surface area contributed by atoms with Gasteiger partial charge in [0.15, 0.2) is 0 Å². The van der Waals surface area contributed by atoms with Crippen molar-refractivity contribution in [3.63, 3.8) is 0 Å². The lowest BCUT2D eigenvalue weighted by Crippen LogP contribution is -2.03. The molecule has 4 aromatic rings. The van der Waals surface area contributed by atoms with E-state index in [9.17, 15) is 15.0 Å². The lowest BCUT2D eigenvalue weighted by Gasteiger charge is -2.14. The molecule has 5 heteroatoms. The normalized spacial score (nSPS) is 11.2. The molecule has 0 radical (unpaired) electrons. The Morgan fingerprint density at radius 2 is 1.77 bits per heavy atom. The number of rotatable bonds is 6. The Labute approximate surface area is 181 Å². The molecular formula is C26H26N2O3. The summed E-state index contributed by atoms with van der Waals surface area (Å²) in [5, 5.41) is 20.2. The predicted octanol–water partition coefficient (Wildman–Crippen LogP) is 6.06. The average Bonchev–Trinajstić information content (AvgIpc) is 3.15. The molecule has 0 unspecified atom stereocenters. The van der Waals surface area contributed by atoms with Gasteiger partial charge in [-0.15, -0.1) is 0 Å². The highest BCUT2D eigenvalue weighted by Crippen LogP contribution is 2.34. The van der Waals surface area contributed by atoms with Crippen LogP contribution in [0.3, 0.4) is 0 Å². The summed E-state index contributed by atoms with van der Waals surface area (Å²) >= 11 is 0. The van der Waals surface area contributed by atoms with Crippen LogP contribution in [-0.2, 0) is 6.42 Å². The van der Waals surface area contributed by atoms with Crippen LogP contribution in [0.1, 0.15) is 47.1 Å². The highest BCUT2D eigenvalue weighted by molar-refractivity contribution is 5.96. The van der Waals surface area contributed by atoms with Gasteiger partial charge >= 0.3 is 5.97 Å². The number of hydrogen-bond donors (Lipinski definition) is 2. The number of aryl methyl sites for hydroxylation is 3. The molecule has 0 saturated heterocycles. The highest BCUT2D eigenvalue weighted by Gasteiger charge is 2.19. The van der Waals surface area contributed by atoms with E-state index in [2.05, 4.69) is 6.92 Å². The second-order valence-electron chi connectivity index (χ2n) is 7.92. The van der Waals surface area contributed by atoms with Gasteiger partial charge in [0.05, 0.1) is 11.1 Å². The number of unbranched alkanes of at least 4 members (excludes halogenated alkanes) is 1. The number of aromatic carboxylic acids is 1. The van der Waals surface area contributed by atoms with E-state index in [1.54, 1.807) is 18.2 Å². The Balaban J connectivity index is 1.91.